The highest BCUT2D eigenvalue weighted by Crippen LogP contribution is 2.34. The Morgan fingerprint density at radius 2 is 1.92 bits per heavy atom. The van der Waals surface area contributed by atoms with E-state index in [-0.39, 0.29) is 6.04 Å². The van der Waals surface area contributed by atoms with Crippen LogP contribution in [0.1, 0.15) is 18.4 Å². The zero-order chi connectivity index (χ0) is 17.4. The van der Waals surface area contributed by atoms with Crippen molar-refractivity contribution in [3.05, 3.63) is 48.4 Å². The third-order valence-corrected chi connectivity index (χ3v) is 7.30. The van der Waals surface area contributed by atoms with Crippen molar-refractivity contribution in [2.45, 2.75) is 30.7 Å². The third-order valence-electron chi connectivity index (χ3n) is 5.22. The van der Waals surface area contributed by atoms with Gasteiger partial charge in [-0.25, -0.2) is 13.4 Å². The Kier molecular flexibility index (Phi) is 4.21. The van der Waals surface area contributed by atoms with Crippen LogP contribution in [0.2, 0.25) is 0 Å². The van der Waals surface area contributed by atoms with Crippen molar-refractivity contribution in [2.24, 2.45) is 5.92 Å². The van der Waals surface area contributed by atoms with E-state index in [4.69, 9.17) is 0 Å². The minimum Gasteiger partial charge on any atom is -0.353 e. The quantitative estimate of drug-likeness (QED) is 0.840. The molecule has 1 aromatic heterocycles. The normalized spacial score (nSPS) is 24.3. The summed E-state index contributed by atoms with van der Waals surface area (Å²) in [5, 5.41) is 0. The fraction of sp³-hybridized carbons (Fsp3) is 0.444. The summed E-state index contributed by atoms with van der Waals surface area (Å²) in [5.41, 5.74) is 0.799. The van der Waals surface area contributed by atoms with Crippen molar-refractivity contribution in [3.8, 4) is 0 Å². The molecule has 3 fully saturated rings. The Labute approximate surface area is 148 Å². The molecule has 0 N–H and O–H groups in total. The minimum atomic E-state index is -3.48. The van der Waals surface area contributed by atoms with Crippen molar-refractivity contribution in [2.75, 3.05) is 24.5 Å². The molecule has 3 aliphatic heterocycles. The molecule has 2 aromatic rings. The molecule has 7 heteroatoms. The lowest BCUT2D eigenvalue weighted by molar-refractivity contribution is 0.230. The van der Waals surface area contributed by atoms with E-state index in [0.717, 1.165) is 30.8 Å². The summed E-state index contributed by atoms with van der Waals surface area (Å²) in [4.78, 5) is 11.2. The molecule has 0 radical (unpaired) electrons. The van der Waals surface area contributed by atoms with Gasteiger partial charge in [0.25, 0.3) is 0 Å². The molecule has 5 rings (SSSR count). The number of sulfonamides is 1. The number of piperidine rings is 1. The topological polar surface area (TPSA) is 66.4 Å². The fourth-order valence-electron chi connectivity index (χ4n) is 3.95. The van der Waals surface area contributed by atoms with Crippen LogP contribution in [0.5, 0.6) is 0 Å². The van der Waals surface area contributed by atoms with E-state index in [1.54, 1.807) is 35.0 Å². The van der Waals surface area contributed by atoms with Crippen LogP contribution in [-0.2, 0) is 10.0 Å². The SMILES string of the molecule is Cc1ccccc1S(=O)(=O)N1C[C@H]2CC[C@@H]1CN(c1cnccn1)C2. The molecular formula is C18H22N4O2S. The standard InChI is InChI=1S/C18H22N4O2S/c1-14-4-2-3-5-17(14)25(23,24)22-12-15-6-7-16(22)13-21(11-15)18-10-19-8-9-20-18/h2-5,8-10,15-16H,6-7,11-13H2,1H3/t15-,16+/m0/s1. The van der Waals surface area contributed by atoms with Gasteiger partial charge in [0.2, 0.25) is 10.0 Å². The number of aromatic nitrogens is 2. The molecule has 3 aliphatic rings. The molecule has 0 spiro atoms. The summed E-state index contributed by atoms with van der Waals surface area (Å²) >= 11 is 0. The molecule has 3 saturated heterocycles. The van der Waals surface area contributed by atoms with E-state index in [9.17, 15) is 8.42 Å². The largest absolute Gasteiger partial charge is 0.353 e. The second-order valence-electron chi connectivity index (χ2n) is 6.91. The molecule has 2 bridgehead atoms. The Morgan fingerprint density at radius 3 is 2.68 bits per heavy atom. The molecule has 6 nitrogen and oxygen atoms in total. The summed E-state index contributed by atoms with van der Waals surface area (Å²) in [6, 6.07) is 7.21. The molecular weight excluding hydrogens is 336 g/mol. The molecule has 1 aromatic carbocycles. The number of hydrogen-bond donors (Lipinski definition) is 0. The van der Waals surface area contributed by atoms with Crippen LogP contribution < -0.4 is 4.90 Å². The Balaban J connectivity index is 1.66. The average Bonchev–Trinajstić information content (AvgIpc) is 2.95. The predicted molar refractivity (Wildman–Crippen MR) is 95.8 cm³/mol. The highest BCUT2D eigenvalue weighted by molar-refractivity contribution is 7.89. The van der Waals surface area contributed by atoms with Crippen LogP contribution in [-0.4, -0.2) is 48.4 Å². The molecule has 2 atom stereocenters. The third kappa shape index (κ3) is 3.02. The van der Waals surface area contributed by atoms with E-state index in [2.05, 4.69) is 14.9 Å². The van der Waals surface area contributed by atoms with Crippen molar-refractivity contribution in [1.29, 1.82) is 0 Å². The van der Waals surface area contributed by atoms with Gasteiger partial charge in [0, 0.05) is 38.1 Å². The molecule has 0 aliphatic carbocycles. The monoisotopic (exact) mass is 358 g/mol. The summed E-state index contributed by atoms with van der Waals surface area (Å²) in [7, 11) is -3.48. The van der Waals surface area contributed by atoms with Crippen LogP contribution >= 0.6 is 0 Å². The van der Waals surface area contributed by atoms with Gasteiger partial charge in [-0.15, -0.1) is 0 Å². The maximum absolute atomic E-state index is 13.3. The first kappa shape index (κ1) is 16.5. The minimum absolute atomic E-state index is 0.0228. The highest BCUT2D eigenvalue weighted by atomic mass is 32.2. The first-order valence-electron chi connectivity index (χ1n) is 8.64. The number of anilines is 1. The molecule has 4 heterocycles. The van der Waals surface area contributed by atoms with Gasteiger partial charge in [-0.05, 0) is 37.3 Å². The smallest absolute Gasteiger partial charge is 0.243 e. The number of aryl methyl sites for hydroxylation is 1. The Bertz CT molecular complexity index is 856. The lowest BCUT2D eigenvalue weighted by Gasteiger charge is -2.35. The lowest BCUT2D eigenvalue weighted by Crippen LogP contribution is -2.47. The van der Waals surface area contributed by atoms with Crippen LogP contribution in [0, 0.1) is 12.8 Å². The highest BCUT2D eigenvalue weighted by Gasteiger charge is 2.41. The van der Waals surface area contributed by atoms with Gasteiger partial charge in [0.05, 0.1) is 11.1 Å². The summed E-state index contributed by atoms with van der Waals surface area (Å²) in [6.07, 6.45) is 7.05. The fourth-order valence-corrected chi connectivity index (χ4v) is 5.90. The maximum atomic E-state index is 13.3. The van der Waals surface area contributed by atoms with Crippen LogP contribution in [0.15, 0.2) is 47.8 Å². The van der Waals surface area contributed by atoms with Gasteiger partial charge < -0.3 is 4.90 Å². The van der Waals surface area contributed by atoms with Gasteiger partial charge in [0.15, 0.2) is 0 Å². The number of hydrogen-bond acceptors (Lipinski definition) is 5. The first-order chi connectivity index (χ1) is 12.1. The Hall–Kier alpha value is -1.99. The zero-order valence-electron chi connectivity index (χ0n) is 14.2. The van der Waals surface area contributed by atoms with E-state index in [1.165, 1.54) is 0 Å². The number of nitrogens with zero attached hydrogens (tertiary/aromatic N) is 4. The lowest BCUT2D eigenvalue weighted by atomic mass is 9.97. The number of rotatable bonds is 3. The van der Waals surface area contributed by atoms with Crippen LogP contribution in [0.4, 0.5) is 5.82 Å². The first-order valence-corrected chi connectivity index (χ1v) is 10.1. The molecule has 0 amide bonds. The van der Waals surface area contributed by atoms with Crippen molar-refractivity contribution in [1.82, 2.24) is 14.3 Å². The van der Waals surface area contributed by atoms with Gasteiger partial charge in [-0.1, -0.05) is 18.2 Å². The van der Waals surface area contributed by atoms with Crippen molar-refractivity contribution >= 4 is 15.8 Å². The second kappa shape index (κ2) is 6.38. The van der Waals surface area contributed by atoms with E-state index in [0.29, 0.717) is 23.9 Å². The van der Waals surface area contributed by atoms with Gasteiger partial charge in [-0.2, -0.15) is 4.31 Å². The second-order valence-corrected chi connectivity index (χ2v) is 8.76. The summed E-state index contributed by atoms with van der Waals surface area (Å²) < 4.78 is 28.3. The van der Waals surface area contributed by atoms with Crippen molar-refractivity contribution in [3.63, 3.8) is 0 Å². The van der Waals surface area contributed by atoms with E-state index in [1.807, 2.05) is 19.1 Å². The molecule has 132 valence electrons. The van der Waals surface area contributed by atoms with E-state index >= 15 is 0 Å². The van der Waals surface area contributed by atoms with Gasteiger partial charge in [-0.3, -0.25) is 4.98 Å². The van der Waals surface area contributed by atoms with E-state index < -0.39 is 10.0 Å². The number of fused-ring (bicyclic) bond motifs is 4. The van der Waals surface area contributed by atoms with Gasteiger partial charge in [0.1, 0.15) is 5.82 Å². The Morgan fingerprint density at radius 1 is 1.08 bits per heavy atom. The maximum Gasteiger partial charge on any atom is 0.243 e. The average molecular weight is 358 g/mol. The molecule has 0 saturated carbocycles. The molecule has 25 heavy (non-hydrogen) atoms. The van der Waals surface area contributed by atoms with Crippen molar-refractivity contribution < 1.29 is 8.42 Å². The van der Waals surface area contributed by atoms with Gasteiger partial charge >= 0.3 is 0 Å². The summed E-state index contributed by atoms with van der Waals surface area (Å²) in [5.74, 6) is 1.15. The zero-order valence-corrected chi connectivity index (χ0v) is 15.1. The molecule has 0 unspecified atom stereocenters. The summed E-state index contributed by atoms with van der Waals surface area (Å²) in [6.45, 7) is 3.93. The number of benzene rings is 1. The predicted octanol–water partition coefficient (Wildman–Crippen LogP) is 2.07. The van der Waals surface area contributed by atoms with Crippen LogP contribution in [0.3, 0.4) is 0 Å². The van der Waals surface area contributed by atoms with Crippen LogP contribution in [0.25, 0.3) is 0 Å².